The van der Waals surface area contributed by atoms with Gasteiger partial charge >= 0.3 is 0 Å². The molecule has 3 heteroatoms. The fourth-order valence-corrected chi connectivity index (χ4v) is 2.41. The van der Waals surface area contributed by atoms with Gasteiger partial charge in [-0.1, -0.05) is 43.3 Å². The lowest BCUT2D eigenvalue weighted by Crippen LogP contribution is -2.08. The zero-order chi connectivity index (χ0) is 13.8. The molecule has 1 atom stereocenters. The van der Waals surface area contributed by atoms with E-state index in [1.54, 1.807) is 6.20 Å². The monoisotopic (exact) mass is 263 g/mol. The second kappa shape index (κ2) is 5.70. The highest BCUT2D eigenvalue weighted by Gasteiger charge is 2.13. The SMILES string of the molecule is CC(c1ccccc1)c1nccn1Cc1cccnc1. The van der Waals surface area contributed by atoms with Crippen LogP contribution >= 0.6 is 0 Å². The van der Waals surface area contributed by atoms with Crippen LogP contribution in [0.25, 0.3) is 0 Å². The third kappa shape index (κ3) is 2.62. The number of rotatable bonds is 4. The van der Waals surface area contributed by atoms with E-state index in [1.807, 2.05) is 30.7 Å². The van der Waals surface area contributed by atoms with Gasteiger partial charge in [0.25, 0.3) is 0 Å². The molecule has 100 valence electrons. The molecular weight excluding hydrogens is 246 g/mol. The van der Waals surface area contributed by atoms with E-state index in [1.165, 1.54) is 11.1 Å². The summed E-state index contributed by atoms with van der Waals surface area (Å²) < 4.78 is 2.19. The second-order valence-corrected chi connectivity index (χ2v) is 4.91. The zero-order valence-electron chi connectivity index (χ0n) is 11.5. The van der Waals surface area contributed by atoms with Gasteiger partial charge in [0.05, 0.1) is 6.54 Å². The maximum Gasteiger partial charge on any atom is 0.116 e. The molecule has 0 N–H and O–H groups in total. The summed E-state index contributed by atoms with van der Waals surface area (Å²) in [6.07, 6.45) is 7.59. The lowest BCUT2D eigenvalue weighted by molar-refractivity contribution is 0.688. The number of benzene rings is 1. The number of aromatic nitrogens is 3. The summed E-state index contributed by atoms with van der Waals surface area (Å²) in [6, 6.07) is 14.5. The van der Waals surface area contributed by atoms with Gasteiger partial charge in [0, 0.05) is 30.7 Å². The van der Waals surface area contributed by atoms with Crippen molar-refractivity contribution in [2.24, 2.45) is 0 Å². The standard InChI is InChI=1S/C17H17N3/c1-14(16-7-3-2-4-8-16)17-19-10-11-20(17)13-15-6-5-9-18-12-15/h2-12,14H,13H2,1H3. The minimum Gasteiger partial charge on any atom is -0.330 e. The Hall–Kier alpha value is -2.42. The first kappa shape index (κ1) is 12.6. The highest BCUT2D eigenvalue weighted by molar-refractivity contribution is 5.25. The molecule has 1 aromatic carbocycles. The van der Waals surface area contributed by atoms with Crippen LogP contribution in [0.1, 0.15) is 29.8 Å². The molecule has 0 saturated heterocycles. The highest BCUT2D eigenvalue weighted by atomic mass is 15.1. The molecule has 0 aliphatic rings. The Morgan fingerprint density at radius 3 is 2.65 bits per heavy atom. The smallest absolute Gasteiger partial charge is 0.116 e. The Balaban J connectivity index is 1.87. The van der Waals surface area contributed by atoms with E-state index in [-0.39, 0.29) is 5.92 Å². The minimum atomic E-state index is 0.280. The van der Waals surface area contributed by atoms with Gasteiger partial charge in [-0.05, 0) is 17.2 Å². The van der Waals surface area contributed by atoms with E-state index in [0.717, 1.165) is 12.4 Å². The van der Waals surface area contributed by atoms with Crippen molar-refractivity contribution in [1.82, 2.24) is 14.5 Å². The molecular formula is C17H17N3. The van der Waals surface area contributed by atoms with Gasteiger partial charge in [0.1, 0.15) is 5.82 Å². The molecule has 0 bridgehead atoms. The summed E-state index contributed by atoms with van der Waals surface area (Å²) in [5.74, 6) is 1.36. The van der Waals surface area contributed by atoms with Crippen molar-refractivity contribution in [3.63, 3.8) is 0 Å². The third-order valence-corrected chi connectivity index (χ3v) is 3.51. The van der Waals surface area contributed by atoms with Crippen molar-refractivity contribution >= 4 is 0 Å². The van der Waals surface area contributed by atoms with Crippen molar-refractivity contribution in [1.29, 1.82) is 0 Å². The van der Waals surface area contributed by atoms with Crippen molar-refractivity contribution in [3.8, 4) is 0 Å². The number of nitrogens with zero attached hydrogens (tertiary/aromatic N) is 3. The van der Waals surface area contributed by atoms with Crippen LogP contribution in [0.2, 0.25) is 0 Å². The van der Waals surface area contributed by atoms with Gasteiger partial charge in [-0.3, -0.25) is 4.98 Å². The van der Waals surface area contributed by atoms with Gasteiger partial charge in [0.15, 0.2) is 0 Å². The quantitative estimate of drug-likeness (QED) is 0.721. The number of hydrogen-bond acceptors (Lipinski definition) is 2. The molecule has 0 aliphatic heterocycles. The van der Waals surface area contributed by atoms with Crippen molar-refractivity contribution in [2.45, 2.75) is 19.4 Å². The number of hydrogen-bond donors (Lipinski definition) is 0. The molecule has 0 radical (unpaired) electrons. The maximum atomic E-state index is 4.53. The van der Waals surface area contributed by atoms with E-state index in [0.29, 0.717) is 0 Å². The Morgan fingerprint density at radius 2 is 1.90 bits per heavy atom. The second-order valence-electron chi connectivity index (χ2n) is 4.91. The van der Waals surface area contributed by atoms with Gasteiger partial charge < -0.3 is 4.57 Å². The largest absolute Gasteiger partial charge is 0.330 e. The summed E-state index contributed by atoms with van der Waals surface area (Å²) in [6.45, 7) is 3.00. The van der Waals surface area contributed by atoms with Crippen LogP contribution < -0.4 is 0 Å². The summed E-state index contributed by atoms with van der Waals surface area (Å²) >= 11 is 0. The first-order chi connectivity index (χ1) is 9.84. The molecule has 3 rings (SSSR count). The van der Waals surface area contributed by atoms with Gasteiger partial charge in [0.2, 0.25) is 0 Å². The molecule has 1 unspecified atom stereocenters. The van der Waals surface area contributed by atoms with Crippen LogP contribution in [-0.4, -0.2) is 14.5 Å². The molecule has 2 heterocycles. The average Bonchev–Trinajstić information content (AvgIpc) is 2.96. The van der Waals surface area contributed by atoms with Crippen LogP contribution in [0, 0.1) is 0 Å². The highest BCUT2D eigenvalue weighted by Crippen LogP contribution is 2.22. The molecule has 0 amide bonds. The van der Waals surface area contributed by atoms with Crippen LogP contribution in [0.4, 0.5) is 0 Å². The summed E-state index contributed by atoms with van der Waals surface area (Å²) in [7, 11) is 0. The molecule has 3 aromatic rings. The van der Waals surface area contributed by atoms with Crippen molar-refractivity contribution < 1.29 is 0 Å². The molecule has 20 heavy (non-hydrogen) atoms. The zero-order valence-corrected chi connectivity index (χ0v) is 11.5. The van der Waals surface area contributed by atoms with Crippen molar-refractivity contribution in [2.75, 3.05) is 0 Å². The van der Waals surface area contributed by atoms with Crippen LogP contribution in [0.3, 0.4) is 0 Å². The third-order valence-electron chi connectivity index (χ3n) is 3.51. The van der Waals surface area contributed by atoms with E-state index in [4.69, 9.17) is 0 Å². The topological polar surface area (TPSA) is 30.7 Å². The Bertz CT molecular complexity index is 659. The van der Waals surface area contributed by atoms with Crippen LogP contribution in [0.15, 0.2) is 67.3 Å². The first-order valence-electron chi connectivity index (χ1n) is 6.79. The average molecular weight is 263 g/mol. The van der Waals surface area contributed by atoms with E-state index >= 15 is 0 Å². The number of imidazole rings is 1. The normalized spacial score (nSPS) is 12.2. The van der Waals surface area contributed by atoms with Crippen molar-refractivity contribution in [3.05, 3.63) is 84.2 Å². The fourth-order valence-electron chi connectivity index (χ4n) is 2.41. The molecule has 0 aliphatic carbocycles. The lowest BCUT2D eigenvalue weighted by Gasteiger charge is -2.14. The first-order valence-corrected chi connectivity index (χ1v) is 6.79. The van der Waals surface area contributed by atoms with Gasteiger partial charge in [-0.2, -0.15) is 0 Å². The van der Waals surface area contributed by atoms with Gasteiger partial charge in [-0.25, -0.2) is 4.98 Å². The fraction of sp³-hybridized carbons (Fsp3) is 0.176. The summed E-state index contributed by atoms with van der Waals surface area (Å²) in [5.41, 5.74) is 2.47. The summed E-state index contributed by atoms with van der Waals surface area (Å²) in [5, 5.41) is 0. The molecule has 2 aromatic heterocycles. The minimum absolute atomic E-state index is 0.280. The predicted octanol–water partition coefficient (Wildman–Crippen LogP) is 3.48. The van der Waals surface area contributed by atoms with Crippen LogP contribution in [-0.2, 0) is 6.54 Å². The molecule has 0 spiro atoms. The predicted molar refractivity (Wildman–Crippen MR) is 79.5 cm³/mol. The van der Waals surface area contributed by atoms with E-state index in [9.17, 15) is 0 Å². The van der Waals surface area contributed by atoms with Gasteiger partial charge in [-0.15, -0.1) is 0 Å². The molecule has 0 saturated carbocycles. The number of pyridine rings is 1. The Kier molecular flexibility index (Phi) is 3.59. The Labute approximate surface area is 118 Å². The summed E-state index contributed by atoms with van der Waals surface area (Å²) in [4.78, 5) is 8.70. The lowest BCUT2D eigenvalue weighted by atomic mass is 10.0. The van der Waals surface area contributed by atoms with Crippen LogP contribution in [0.5, 0.6) is 0 Å². The molecule has 3 nitrogen and oxygen atoms in total. The molecule has 0 fully saturated rings. The van der Waals surface area contributed by atoms with E-state index < -0.39 is 0 Å². The Morgan fingerprint density at radius 1 is 1.05 bits per heavy atom. The maximum absolute atomic E-state index is 4.53. The van der Waals surface area contributed by atoms with E-state index in [2.05, 4.69) is 51.8 Å².